The zero-order valence-corrected chi connectivity index (χ0v) is 8.72. The highest BCUT2D eigenvalue weighted by Gasteiger charge is 2.29. The Morgan fingerprint density at radius 3 is 1.73 bits per heavy atom. The molecule has 0 saturated heterocycles. The first-order valence-corrected chi connectivity index (χ1v) is 5.12. The molecule has 84 valence electrons. The Kier molecular flexibility index (Phi) is 4.18. The molecule has 0 amide bonds. The van der Waals surface area contributed by atoms with Gasteiger partial charge in [-0.25, -0.2) is 0 Å². The van der Waals surface area contributed by atoms with Crippen molar-refractivity contribution < 1.29 is 13.2 Å². The van der Waals surface area contributed by atoms with E-state index in [9.17, 15) is 13.2 Å². The second kappa shape index (κ2) is 5.19. The molecule has 2 rings (SSSR count). The maximum Gasteiger partial charge on any atom is 0.416 e. The quantitative estimate of drug-likeness (QED) is 0.598. The maximum atomic E-state index is 11.8. The smallest absolute Gasteiger partial charge is 0.166 e. The van der Waals surface area contributed by atoms with Gasteiger partial charge in [0, 0.05) is 0 Å². The molecular formula is C12H15F3. The van der Waals surface area contributed by atoms with Crippen LogP contribution in [0.1, 0.15) is 31.7 Å². The molecule has 3 heteroatoms. The average molecular weight is 216 g/mol. The lowest BCUT2D eigenvalue weighted by Gasteiger charge is -2.18. The van der Waals surface area contributed by atoms with Crippen LogP contribution in [0.25, 0.3) is 0 Å². The van der Waals surface area contributed by atoms with Gasteiger partial charge in [-0.15, -0.1) is 0 Å². The van der Waals surface area contributed by atoms with Gasteiger partial charge in [0.15, 0.2) is 0 Å². The van der Waals surface area contributed by atoms with Crippen molar-refractivity contribution in [3.8, 4) is 0 Å². The first kappa shape index (κ1) is 12.1. The topological polar surface area (TPSA) is 0 Å². The van der Waals surface area contributed by atoms with Gasteiger partial charge in [-0.3, -0.25) is 0 Å². The van der Waals surface area contributed by atoms with E-state index in [0.717, 1.165) is 18.1 Å². The zero-order chi connectivity index (χ0) is 11.3. The summed E-state index contributed by atoms with van der Waals surface area (Å²) in [6.45, 7) is 2.31. The van der Waals surface area contributed by atoms with Crippen LogP contribution in [0.4, 0.5) is 13.2 Å². The van der Waals surface area contributed by atoms with Crippen molar-refractivity contribution in [3.05, 3.63) is 35.9 Å². The van der Waals surface area contributed by atoms with E-state index in [1.165, 1.54) is 31.4 Å². The van der Waals surface area contributed by atoms with Crippen molar-refractivity contribution in [2.24, 2.45) is 5.92 Å². The minimum Gasteiger partial charge on any atom is -0.166 e. The number of halogens is 3. The van der Waals surface area contributed by atoms with Gasteiger partial charge in [0.1, 0.15) is 0 Å². The van der Waals surface area contributed by atoms with E-state index in [0.29, 0.717) is 0 Å². The monoisotopic (exact) mass is 216 g/mol. The number of hydrogen-bond acceptors (Lipinski definition) is 0. The van der Waals surface area contributed by atoms with Gasteiger partial charge in [0.05, 0.1) is 5.56 Å². The van der Waals surface area contributed by atoms with E-state index >= 15 is 0 Å². The fourth-order valence-electron chi connectivity index (χ4n) is 1.24. The normalized spacial score (nSPS) is 16.3. The lowest BCUT2D eigenvalue weighted by Crippen LogP contribution is -2.04. The third kappa shape index (κ3) is 4.36. The van der Waals surface area contributed by atoms with E-state index in [2.05, 4.69) is 6.92 Å². The number of hydrogen-bond donors (Lipinski definition) is 0. The van der Waals surface area contributed by atoms with Crippen LogP contribution in [0.3, 0.4) is 0 Å². The molecule has 0 atom stereocenters. The third-order valence-electron chi connectivity index (χ3n) is 2.49. The first-order chi connectivity index (χ1) is 7.00. The van der Waals surface area contributed by atoms with Crippen molar-refractivity contribution in [2.45, 2.75) is 32.4 Å². The summed E-state index contributed by atoms with van der Waals surface area (Å²) in [4.78, 5) is 0. The van der Waals surface area contributed by atoms with Gasteiger partial charge in [-0.05, 0) is 5.92 Å². The van der Waals surface area contributed by atoms with Crippen LogP contribution < -0.4 is 0 Å². The molecule has 15 heavy (non-hydrogen) atoms. The second-order valence-corrected chi connectivity index (χ2v) is 3.90. The van der Waals surface area contributed by atoms with Crippen LogP contribution in [-0.2, 0) is 6.18 Å². The maximum absolute atomic E-state index is 11.8. The molecule has 0 heterocycles. The van der Waals surface area contributed by atoms with E-state index in [-0.39, 0.29) is 0 Å². The van der Waals surface area contributed by atoms with Crippen molar-refractivity contribution >= 4 is 0 Å². The summed E-state index contributed by atoms with van der Waals surface area (Å²) in [5.41, 5.74) is -0.602. The summed E-state index contributed by atoms with van der Waals surface area (Å²) >= 11 is 0. The van der Waals surface area contributed by atoms with Crippen LogP contribution in [0, 0.1) is 5.92 Å². The summed E-state index contributed by atoms with van der Waals surface area (Å²) in [7, 11) is 0. The van der Waals surface area contributed by atoms with Gasteiger partial charge in [0.2, 0.25) is 0 Å². The Labute approximate surface area is 88.1 Å². The molecule has 1 aliphatic rings. The largest absolute Gasteiger partial charge is 0.416 e. The zero-order valence-electron chi connectivity index (χ0n) is 8.72. The molecular weight excluding hydrogens is 201 g/mol. The van der Waals surface area contributed by atoms with Crippen LogP contribution >= 0.6 is 0 Å². The van der Waals surface area contributed by atoms with Crippen LogP contribution in [-0.4, -0.2) is 0 Å². The minimum absolute atomic E-state index is 0.602. The molecule has 0 spiro atoms. The highest BCUT2D eigenvalue weighted by Crippen LogP contribution is 2.28. The van der Waals surface area contributed by atoms with Gasteiger partial charge in [-0.2, -0.15) is 13.2 Å². The van der Waals surface area contributed by atoms with Crippen molar-refractivity contribution in [3.63, 3.8) is 0 Å². The molecule has 1 aliphatic carbocycles. The standard InChI is InChI=1S/C7H5F3.C5H10/c8-7(9,10)6-4-2-1-3-5-6;1-5-3-2-4-5/h1-5H;5H,2-4H2,1H3. The molecule has 0 unspecified atom stereocenters. The van der Waals surface area contributed by atoms with E-state index < -0.39 is 11.7 Å². The summed E-state index contributed by atoms with van der Waals surface area (Å²) in [5, 5.41) is 0. The average Bonchev–Trinajstić information content (AvgIpc) is 2.16. The van der Waals surface area contributed by atoms with Gasteiger partial charge >= 0.3 is 6.18 Å². The number of benzene rings is 1. The lowest BCUT2D eigenvalue weighted by molar-refractivity contribution is -0.137. The van der Waals surface area contributed by atoms with E-state index in [1.54, 1.807) is 6.07 Å². The summed E-state index contributed by atoms with van der Waals surface area (Å²) in [6.07, 6.45) is 0.252. The van der Waals surface area contributed by atoms with E-state index in [1.807, 2.05) is 0 Å². The highest BCUT2D eigenvalue weighted by atomic mass is 19.4. The number of rotatable bonds is 0. The minimum atomic E-state index is -4.21. The van der Waals surface area contributed by atoms with Crippen molar-refractivity contribution in [2.75, 3.05) is 0 Å². The predicted octanol–water partition coefficient (Wildman–Crippen LogP) is 4.51. The van der Waals surface area contributed by atoms with Gasteiger partial charge in [-0.1, -0.05) is 56.5 Å². The number of alkyl halides is 3. The van der Waals surface area contributed by atoms with Gasteiger partial charge in [0.25, 0.3) is 0 Å². The Balaban J connectivity index is 0.000000187. The molecule has 1 aromatic rings. The first-order valence-electron chi connectivity index (χ1n) is 5.12. The summed E-state index contributed by atoms with van der Waals surface area (Å²) in [5.74, 6) is 1.06. The Morgan fingerprint density at radius 2 is 1.53 bits per heavy atom. The fourth-order valence-corrected chi connectivity index (χ4v) is 1.24. The Bertz CT molecular complexity index is 273. The molecule has 1 saturated carbocycles. The molecule has 1 aromatic carbocycles. The van der Waals surface area contributed by atoms with Crippen molar-refractivity contribution in [1.82, 2.24) is 0 Å². The third-order valence-corrected chi connectivity index (χ3v) is 2.49. The second-order valence-electron chi connectivity index (χ2n) is 3.90. The SMILES string of the molecule is CC1CCC1.FC(F)(F)c1ccccc1. The molecule has 0 N–H and O–H groups in total. The van der Waals surface area contributed by atoms with Crippen LogP contribution in [0.5, 0.6) is 0 Å². The van der Waals surface area contributed by atoms with Crippen molar-refractivity contribution in [1.29, 1.82) is 0 Å². The van der Waals surface area contributed by atoms with Crippen LogP contribution in [0.2, 0.25) is 0 Å². The predicted molar refractivity (Wildman–Crippen MR) is 54.5 cm³/mol. The van der Waals surface area contributed by atoms with E-state index in [4.69, 9.17) is 0 Å². The summed E-state index contributed by atoms with van der Waals surface area (Å²) < 4.78 is 35.4. The molecule has 0 nitrogen and oxygen atoms in total. The Morgan fingerprint density at radius 1 is 1.07 bits per heavy atom. The molecule has 0 bridgehead atoms. The molecule has 1 fully saturated rings. The fraction of sp³-hybridized carbons (Fsp3) is 0.500. The summed E-state index contributed by atoms with van der Waals surface area (Å²) in [6, 6.07) is 6.36. The molecule has 0 aromatic heterocycles. The Hall–Kier alpha value is -0.990. The molecule has 0 radical (unpaired) electrons. The van der Waals surface area contributed by atoms with Crippen LogP contribution in [0.15, 0.2) is 30.3 Å². The lowest BCUT2D eigenvalue weighted by atomic mass is 9.88. The molecule has 0 aliphatic heterocycles. The highest BCUT2D eigenvalue weighted by molar-refractivity contribution is 5.17. The van der Waals surface area contributed by atoms with Gasteiger partial charge < -0.3 is 0 Å².